The van der Waals surface area contributed by atoms with Gasteiger partial charge in [-0.15, -0.1) is 0 Å². The monoisotopic (exact) mass is 199 g/mol. The van der Waals surface area contributed by atoms with Gasteiger partial charge in [-0.1, -0.05) is 0 Å². The number of carbonyl (C=O) groups is 2. The Morgan fingerprint density at radius 1 is 1.64 bits per heavy atom. The number of carbonyl (C=O) groups excluding carboxylic acids is 2. The number of aldehydes is 1. The predicted octanol–water partition coefficient (Wildman–Crippen LogP) is 0.649. The highest BCUT2D eigenvalue weighted by molar-refractivity contribution is 5.69. The number of esters is 1. The van der Waals surface area contributed by atoms with Crippen molar-refractivity contribution in [3.63, 3.8) is 0 Å². The topological polar surface area (TPSA) is 55.4 Å². The molecule has 1 rings (SSSR count). The summed E-state index contributed by atoms with van der Waals surface area (Å²) in [7, 11) is 0. The zero-order valence-corrected chi connectivity index (χ0v) is 8.49. The average Bonchev–Trinajstić information content (AvgIpc) is 2.93. The molecule has 0 saturated heterocycles. The molecule has 1 saturated carbocycles. The number of rotatable bonds is 7. The Kier molecular flexibility index (Phi) is 4.59. The molecule has 1 atom stereocenters. The fourth-order valence-corrected chi connectivity index (χ4v) is 1.26. The Morgan fingerprint density at radius 3 is 2.86 bits per heavy atom. The summed E-state index contributed by atoms with van der Waals surface area (Å²) in [4.78, 5) is 21.1. The SMILES string of the molecule is CC(=O)OC(C=O)CCCNC1CC1. The molecular formula is C10H17NO3. The van der Waals surface area contributed by atoms with Crippen LogP contribution in [0.25, 0.3) is 0 Å². The second-order valence-corrected chi connectivity index (χ2v) is 3.65. The molecule has 0 amide bonds. The van der Waals surface area contributed by atoms with Crippen LogP contribution >= 0.6 is 0 Å². The van der Waals surface area contributed by atoms with Crippen molar-refractivity contribution >= 4 is 12.3 Å². The first-order valence-corrected chi connectivity index (χ1v) is 5.08. The summed E-state index contributed by atoms with van der Waals surface area (Å²) in [6.45, 7) is 2.22. The summed E-state index contributed by atoms with van der Waals surface area (Å²) >= 11 is 0. The summed E-state index contributed by atoms with van der Waals surface area (Å²) in [6.07, 6.45) is 4.14. The normalized spacial score (nSPS) is 17.5. The number of nitrogens with one attached hydrogen (secondary N) is 1. The minimum Gasteiger partial charge on any atom is -0.455 e. The Hall–Kier alpha value is -0.900. The summed E-state index contributed by atoms with van der Waals surface area (Å²) in [5.74, 6) is -0.391. The molecule has 1 unspecified atom stereocenters. The molecule has 1 fully saturated rings. The third-order valence-electron chi connectivity index (χ3n) is 2.14. The van der Waals surface area contributed by atoms with Crippen LogP contribution in [0, 0.1) is 0 Å². The van der Waals surface area contributed by atoms with E-state index < -0.39 is 12.1 Å². The van der Waals surface area contributed by atoms with Crippen LogP contribution in [-0.2, 0) is 14.3 Å². The van der Waals surface area contributed by atoms with Crippen LogP contribution in [0.3, 0.4) is 0 Å². The molecule has 80 valence electrons. The molecular weight excluding hydrogens is 182 g/mol. The highest BCUT2D eigenvalue weighted by atomic mass is 16.5. The van der Waals surface area contributed by atoms with Gasteiger partial charge in [-0.25, -0.2) is 0 Å². The minimum atomic E-state index is -0.562. The van der Waals surface area contributed by atoms with Crippen LogP contribution in [0.1, 0.15) is 32.6 Å². The van der Waals surface area contributed by atoms with E-state index in [1.165, 1.54) is 19.8 Å². The summed E-state index contributed by atoms with van der Waals surface area (Å²) in [5.41, 5.74) is 0. The van der Waals surface area contributed by atoms with Gasteiger partial charge in [0.25, 0.3) is 0 Å². The smallest absolute Gasteiger partial charge is 0.303 e. The molecule has 0 aromatic rings. The van der Waals surface area contributed by atoms with Crippen LogP contribution in [0.4, 0.5) is 0 Å². The van der Waals surface area contributed by atoms with Crippen molar-refractivity contribution in [1.82, 2.24) is 5.32 Å². The van der Waals surface area contributed by atoms with Crippen molar-refractivity contribution in [2.45, 2.75) is 44.8 Å². The lowest BCUT2D eigenvalue weighted by atomic mass is 10.2. The van der Waals surface area contributed by atoms with E-state index in [2.05, 4.69) is 5.32 Å². The van der Waals surface area contributed by atoms with E-state index in [0.29, 0.717) is 18.7 Å². The first-order chi connectivity index (χ1) is 6.72. The van der Waals surface area contributed by atoms with Crippen LogP contribution in [0.2, 0.25) is 0 Å². The fraction of sp³-hybridized carbons (Fsp3) is 0.800. The molecule has 0 bridgehead atoms. The maximum absolute atomic E-state index is 10.6. The van der Waals surface area contributed by atoms with Gasteiger partial charge in [-0.3, -0.25) is 9.59 Å². The Morgan fingerprint density at radius 2 is 2.36 bits per heavy atom. The van der Waals surface area contributed by atoms with Crippen LogP contribution in [0.15, 0.2) is 0 Å². The molecule has 14 heavy (non-hydrogen) atoms. The van der Waals surface area contributed by atoms with Gasteiger partial charge in [-0.05, 0) is 32.2 Å². The van der Waals surface area contributed by atoms with Crippen molar-refractivity contribution in [3.8, 4) is 0 Å². The van der Waals surface area contributed by atoms with Crippen molar-refractivity contribution in [3.05, 3.63) is 0 Å². The molecule has 1 aliphatic rings. The van der Waals surface area contributed by atoms with E-state index in [1.54, 1.807) is 0 Å². The predicted molar refractivity (Wildman–Crippen MR) is 51.9 cm³/mol. The number of hydrogen-bond acceptors (Lipinski definition) is 4. The summed E-state index contributed by atoms with van der Waals surface area (Å²) < 4.78 is 4.79. The molecule has 0 radical (unpaired) electrons. The molecule has 1 N–H and O–H groups in total. The van der Waals surface area contributed by atoms with Gasteiger partial charge >= 0.3 is 5.97 Å². The summed E-state index contributed by atoms with van der Waals surface area (Å²) in [5, 5.41) is 3.33. The van der Waals surface area contributed by atoms with E-state index >= 15 is 0 Å². The second kappa shape index (κ2) is 5.75. The molecule has 0 aromatic heterocycles. The molecule has 0 spiro atoms. The zero-order valence-electron chi connectivity index (χ0n) is 8.49. The maximum atomic E-state index is 10.6. The molecule has 4 nitrogen and oxygen atoms in total. The molecule has 0 aromatic carbocycles. The van der Waals surface area contributed by atoms with Gasteiger partial charge in [0.15, 0.2) is 12.4 Å². The molecule has 4 heteroatoms. The molecule has 0 aliphatic heterocycles. The largest absolute Gasteiger partial charge is 0.455 e. The van der Waals surface area contributed by atoms with Crippen molar-refractivity contribution in [2.75, 3.05) is 6.54 Å². The minimum absolute atomic E-state index is 0.391. The average molecular weight is 199 g/mol. The lowest BCUT2D eigenvalue weighted by molar-refractivity contribution is -0.149. The van der Waals surface area contributed by atoms with E-state index in [1.807, 2.05) is 0 Å². The van der Waals surface area contributed by atoms with Crippen molar-refractivity contribution in [2.24, 2.45) is 0 Å². The Balaban J connectivity index is 2.00. The fourth-order valence-electron chi connectivity index (χ4n) is 1.26. The molecule has 0 heterocycles. The third-order valence-corrected chi connectivity index (χ3v) is 2.14. The van der Waals surface area contributed by atoms with Crippen molar-refractivity contribution in [1.29, 1.82) is 0 Å². The first-order valence-electron chi connectivity index (χ1n) is 5.08. The van der Waals surface area contributed by atoms with Crippen LogP contribution in [-0.4, -0.2) is 30.9 Å². The van der Waals surface area contributed by atoms with Crippen LogP contribution in [0.5, 0.6) is 0 Å². The van der Waals surface area contributed by atoms with Crippen molar-refractivity contribution < 1.29 is 14.3 Å². The van der Waals surface area contributed by atoms with E-state index in [4.69, 9.17) is 4.74 Å². The quantitative estimate of drug-likeness (QED) is 0.371. The van der Waals surface area contributed by atoms with Gasteiger partial charge in [0.2, 0.25) is 0 Å². The van der Waals surface area contributed by atoms with Gasteiger partial charge in [0.05, 0.1) is 0 Å². The second-order valence-electron chi connectivity index (χ2n) is 3.65. The summed E-state index contributed by atoms with van der Waals surface area (Å²) in [6, 6.07) is 0.693. The lowest BCUT2D eigenvalue weighted by Gasteiger charge is -2.10. The first kappa shape index (κ1) is 11.2. The van der Waals surface area contributed by atoms with E-state index in [9.17, 15) is 9.59 Å². The highest BCUT2D eigenvalue weighted by Crippen LogP contribution is 2.18. The van der Waals surface area contributed by atoms with E-state index in [0.717, 1.165) is 13.0 Å². The lowest BCUT2D eigenvalue weighted by Crippen LogP contribution is -2.22. The zero-order chi connectivity index (χ0) is 10.4. The Bertz CT molecular complexity index is 202. The third kappa shape index (κ3) is 4.97. The highest BCUT2D eigenvalue weighted by Gasteiger charge is 2.19. The van der Waals surface area contributed by atoms with Gasteiger partial charge in [0.1, 0.15) is 0 Å². The maximum Gasteiger partial charge on any atom is 0.303 e. The van der Waals surface area contributed by atoms with Gasteiger partial charge < -0.3 is 10.1 Å². The van der Waals surface area contributed by atoms with Gasteiger partial charge in [-0.2, -0.15) is 0 Å². The standard InChI is InChI=1S/C10H17NO3/c1-8(13)14-10(7-12)3-2-6-11-9-4-5-9/h7,9-11H,2-6H2,1H3. The van der Waals surface area contributed by atoms with E-state index in [-0.39, 0.29) is 0 Å². The Labute approximate surface area is 84.0 Å². The van der Waals surface area contributed by atoms with Crippen LogP contribution < -0.4 is 5.32 Å². The number of hydrogen-bond donors (Lipinski definition) is 1. The molecule has 1 aliphatic carbocycles. The van der Waals surface area contributed by atoms with Gasteiger partial charge in [0, 0.05) is 13.0 Å². The number of ether oxygens (including phenoxy) is 1.